The molecule has 2 aromatic heterocycles. The van der Waals surface area contributed by atoms with Crippen LogP contribution in [0.4, 0.5) is 0 Å². The predicted molar refractivity (Wildman–Crippen MR) is 102 cm³/mol. The van der Waals surface area contributed by atoms with E-state index in [0.29, 0.717) is 11.7 Å². The highest BCUT2D eigenvalue weighted by Gasteiger charge is 2.30. The van der Waals surface area contributed by atoms with Crippen LogP contribution in [0.5, 0.6) is 0 Å². The molecular formula is C18H19N5OS2. The monoisotopic (exact) mass is 385 g/mol. The summed E-state index contributed by atoms with van der Waals surface area (Å²) >= 11 is 3.10. The zero-order valence-electron chi connectivity index (χ0n) is 14.2. The van der Waals surface area contributed by atoms with Gasteiger partial charge in [-0.15, -0.1) is 16.4 Å². The van der Waals surface area contributed by atoms with Crippen molar-refractivity contribution in [2.45, 2.75) is 29.8 Å². The highest BCUT2D eigenvalue weighted by atomic mass is 32.2. The number of carbonyl (C=O) groups excluding carboxylic acids is 1. The lowest BCUT2D eigenvalue weighted by atomic mass is 10.1. The van der Waals surface area contributed by atoms with Crippen LogP contribution in [-0.4, -0.2) is 44.1 Å². The van der Waals surface area contributed by atoms with Crippen LogP contribution in [0, 0.1) is 0 Å². The zero-order chi connectivity index (χ0) is 17.8. The van der Waals surface area contributed by atoms with Crippen LogP contribution in [0.25, 0.3) is 0 Å². The molecule has 4 rings (SSSR count). The van der Waals surface area contributed by atoms with Gasteiger partial charge in [0.05, 0.1) is 6.54 Å². The number of rotatable bonds is 6. The first kappa shape index (κ1) is 17.2. The number of likely N-dealkylation sites (tertiary alicyclic amines) is 1. The van der Waals surface area contributed by atoms with E-state index in [1.165, 1.54) is 16.6 Å². The highest BCUT2D eigenvalue weighted by Crippen LogP contribution is 2.36. The van der Waals surface area contributed by atoms with Gasteiger partial charge in [-0.1, -0.05) is 48.2 Å². The van der Waals surface area contributed by atoms with Gasteiger partial charge in [0.2, 0.25) is 11.1 Å². The molecule has 134 valence electrons. The van der Waals surface area contributed by atoms with Gasteiger partial charge in [-0.3, -0.25) is 4.79 Å². The molecule has 0 N–H and O–H groups in total. The molecule has 1 saturated heterocycles. The Morgan fingerprint density at radius 1 is 1.15 bits per heavy atom. The number of hydrogen-bond donors (Lipinski definition) is 0. The number of carbonyl (C=O) groups is 1. The summed E-state index contributed by atoms with van der Waals surface area (Å²) in [6.07, 6.45) is 2.15. The van der Waals surface area contributed by atoms with Crippen molar-refractivity contribution in [2.75, 3.05) is 13.1 Å². The molecule has 0 aliphatic carbocycles. The van der Waals surface area contributed by atoms with Gasteiger partial charge in [0, 0.05) is 18.0 Å². The Labute approximate surface area is 160 Å². The van der Waals surface area contributed by atoms with Gasteiger partial charge < -0.3 is 4.90 Å². The normalized spacial score (nSPS) is 15.3. The summed E-state index contributed by atoms with van der Waals surface area (Å²) in [4.78, 5) is 16.3. The minimum atomic E-state index is -0.331. The quantitative estimate of drug-likeness (QED) is 0.610. The molecule has 8 heteroatoms. The highest BCUT2D eigenvalue weighted by molar-refractivity contribution is 8.00. The van der Waals surface area contributed by atoms with E-state index >= 15 is 0 Å². The minimum Gasteiger partial charge on any atom is -0.341 e. The Morgan fingerprint density at radius 3 is 2.69 bits per heavy atom. The molecule has 3 heterocycles. The Morgan fingerprint density at radius 2 is 1.96 bits per heavy atom. The summed E-state index contributed by atoms with van der Waals surface area (Å²) < 4.78 is 1.77. The number of thiophene rings is 1. The number of amides is 1. The first-order valence-electron chi connectivity index (χ1n) is 8.60. The minimum absolute atomic E-state index is 0.143. The number of benzene rings is 1. The lowest BCUT2D eigenvalue weighted by molar-refractivity contribution is -0.129. The van der Waals surface area contributed by atoms with Crippen LogP contribution in [0.2, 0.25) is 0 Å². The van der Waals surface area contributed by atoms with Crippen molar-refractivity contribution in [3.05, 3.63) is 58.3 Å². The molecule has 1 fully saturated rings. The van der Waals surface area contributed by atoms with Gasteiger partial charge in [-0.25, -0.2) is 4.68 Å². The second-order valence-electron chi connectivity index (χ2n) is 6.14. The van der Waals surface area contributed by atoms with Gasteiger partial charge in [0.25, 0.3) is 0 Å². The summed E-state index contributed by atoms with van der Waals surface area (Å²) in [7, 11) is 0. The first-order valence-corrected chi connectivity index (χ1v) is 10.4. The molecule has 6 nitrogen and oxygen atoms in total. The van der Waals surface area contributed by atoms with Crippen molar-refractivity contribution in [2.24, 2.45) is 0 Å². The standard InChI is InChI=1S/C18H19N5OS2/c24-17(22-10-4-5-11-22)16(14-7-2-1-3-8-14)26-18-19-20-21-23(18)13-15-9-6-12-25-15/h1-3,6-9,12,16H,4-5,10-11,13H2. The maximum Gasteiger partial charge on any atom is 0.240 e. The van der Waals surface area contributed by atoms with E-state index < -0.39 is 0 Å². The summed E-state index contributed by atoms with van der Waals surface area (Å²) in [6.45, 7) is 2.29. The summed E-state index contributed by atoms with van der Waals surface area (Å²) in [5, 5.41) is 14.5. The third-order valence-corrected chi connectivity index (χ3v) is 6.43. The molecule has 0 saturated carbocycles. The van der Waals surface area contributed by atoms with Gasteiger partial charge >= 0.3 is 0 Å². The topological polar surface area (TPSA) is 63.9 Å². The summed E-state index contributed by atoms with van der Waals surface area (Å²) in [5.41, 5.74) is 0.986. The molecule has 1 amide bonds. The predicted octanol–water partition coefficient (Wildman–Crippen LogP) is 3.24. The molecule has 3 aromatic rings. The van der Waals surface area contributed by atoms with Crippen LogP contribution in [0.15, 0.2) is 53.0 Å². The lowest BCUT2D eigenvalue weighted by Gasteiger charge is -2.22. The molecule has 0 spiro atoms. The Bertz CT molecular complexity index is 844. The van der Waals surface area contributed by atoms with E-state index in [1.54, 1.807) is 16.0 Å². The number of nitrogens with zero attached hydrogens (tertiary/aromatic N) is 5. The third-order valence-electron chi connectivity index (χ3n) is 4.35. The number of aromatic nitrogens is 4. The van der Waals surface area contributed by atoms with E-state index in [-0.39, 0.29) is 11.2 Å². The van der Waals surface area contributed by atoms with Gasteiger partial charge in [-0.05, 0) is 40.3 Å². The van der Waals surface area contributed by atoms with E-state index in [0.717, 1.165) is 31.5 Å². The molecule has 1 aliphatic rings. The second-order valence-corrected chi connectivity index (χ2v) is 8.24. The largest absolute Gasteiger partial charge is 0.341 e. The van der Waals surface area contributed by atoms with Crippen molar-refractivity contribution in [3.8, 4) is 0 Å². The van der Waals surface area contributed by atoms with Crippen molar-refractivity contribution < 1.29 is 4.79 Å². The smallest absolute Gasteiger partial charge is 0.240 e. The molecule has 1 atom stereocenters. The average molecular weight is 386 g/mol. The summed E-state index contributed by atoms with van der Waals surface area (Å²) in [5.74, 6) is 0.143. The molecule has 0 bridgehead atoms. The molecule has 1 unspecified atom stereocenters. The first-order chi connectivity index (χ1) is 12.8. The van der Waals surface area contributed by atoms with Gasteiger partial charge in [-0.2, -0.15) is 0 Å². The SMILES string of the molecule is O=C(C(Sc1nnnn1Cc1cccs1)c1ccccc1)N1CCCC1. The van der Waals surface area contributed by atoms with Crippen molar-refractivity contribution in [3.63, 3.8) is 0 Å². The maximum absolute atomic E-state index is 13.1. The molecule has 1 aromatic carbocycles. The number of hydrogen-bond acceptors (Lipinski definition) is 6. The maximum atomic E-state index is 13.1. The summed E-state index contributed by atoms with van der Waals surface area (Å²) in [6, 6.07) is 14.0. The Kier molecular flexibility index (Phi) is 5.31. The third kappa shape index (κ3) is 3.81. The van der Waals surface area contributed by atoms with Crippen LogP contribution >= 0.6 is 23.1 Å². The molecule has 0 radical (unpaired) electrons. The van der Waals surface area contributed by atoms with Crippen molar-refractivity contribution >= 4 is 29.0 Å². The Balaban J connectivity index is 1.59. The lowest BCUT2D eigenvalue weighted by Crippen LogP contribution is -2.31. The van der Waals surface area contributed by atoms with Crippen LogP contribution in [0.3, 0.4) is 0 Å². The fourth-order valence-electron chi connectivity index (χ4n) is 3.03. The van der Waals surface area contributed by atoms with Crippen LogP contribution in [0.1, 0.15) is 28.5 Å². The van der Waals surface area contributed by atoms with Crippen molar-refractivity contribution in [1.29, 1.82) is 0 Å². The van der Waals surface area contributed by atoms with Gasteiger partial charge in [0.15, 0.2) is 0 Å². The second kappa shape index (κ2) is 8.01. The van der Waals surface area contributed by atoms with Crippen molar-refractivity contribution in [1.82, 2.24) is 25.1 Å². The van der Waals surface area contributed by atoms with E-state index in [2.05, 4.69) is 21.6 Å². The van der Waals surface area contributed by atoms with Gasteiger partial charge in [0.1, 0.15) is 5.25 Å². The van der Waals surface area contributed by atoms with E-state index in [4.69, 9.17) is 0 Å². The van der Waals surface area contributed by atoms with Crippen LogP contribution in [-0.2, 0) is 11.3 Å². The fourth-order valence-corrected chi connectivity index (χ4v) is 4.77. The molecule has 1 aliphatic heterocycles. The molecule has 26 heavy (non-hydrogen) atoms. The Hall–Kier alpha value is -2.19. The molecular weight excluding hydrogens is 366 g/mol. The fraction of sp³-hybridized carbons (Fsp3) is 0.333. The number of tetrazole rings is 1. The van der Waals surface area contributed by atoms with Crippen LogP contribution < -0.4 is 0 Å². The zero-order valence-corrected chi connectivity index (χ0v) is 15.8. The average Bonchev–Trinajstić information content (AvgIpc) is 3.44. The van der Waals surface area contributed by atoms with E-state index in [9.17, 15) is 4.79 Å². The number of thioether (sulfide) groups is 1. The van der Waals surface area contributed by atoms with E-state index in [1.807, 2.05) is 46.7 Å².